The third-order valence-electron chi connectivity index (χ3n) is 3.56. The predicted octanol–water partition coefficient (Wildman–Crippen LogP) is 4.03. The number of fused-ring (bicyclic) bond motifs is 1. The van der Waals surface area contributed by atoms with Crippen LogP contribution in [0.4, 0.5) is 0 Å². The molecule has 3 aromatic rings. The maximum atomic E-state index is 11.9. The summed E-state index contributed by atoms with van der Waals surface area (Å²) in [6, 6.07) is 17.3. The Hall–Kier alpha value is -2.88. The summed E-state index contributed by atoms with van der Waals surface area (Å²) in [5, 5.41) is 0.873. The number of Topliss-reactive ketones (excluding diaryl/α,β-unsaturated/α-hetero) is 1. The Balaban J connectivity index is 2.01. The molecule has 0 aliphatic heterocycles. The van der Waals surface area contributed by atoms with Gasteiger partial charge in [0.15, 0.2) is 5.78 Å². The van der Waals surface area contributed by atoms with Crippen molar-refractivity contribution in [3.63, 3.8) is 0 Å². The number of aromatic nitrogens is 1. The van der Waals surface area contributed by atoms with E-state index in [-0.39, 0.29) is 5.78 Å². The van der Waals surface area contributed by atoms with Crippen LogP contribution in [0.25, 0.3) is 10.9 Å². The summed E-state index contributed by atoms with van der Waals surface area (Å²) >= 11 is 0. The molecule has 0 atom stereocenters. The minimum absolute atomic E-state index is 0.138. The van der Waals surface area contributed by atoms with Crippen LogP contribution in [0.15, 0.2) is 54.6 Å². The average Bonchev–Trinajstić information content (AvgIpc) is 2.59. The SMILES string of the molecule is COc1cccc2cc(OCc3ccccc3)c(C(C)=O)nc12. The van der Waals surface area contributed by atoms with Crippen LogP contribution in [0.5, 0.6) is 11.5 Å². The molecule has 2 aromatic carbocycles. The molecule has 4 nitrogen and oxygen atoms in total. The minimum Gasteiger partial charge on any atom is -0.494 e. The number of methoxy groups -OCH3 is 1. The molecule has 23 heavy (non-hydrogen) atoms. The van der Waals surface area contributed by atoms with Gasteiger partial charge in [0.2, 0.25) is 0 Å². The fourth-order valence-electron chi connectivity index (χ4n) is 2.41. The molecule has 0 N–H and O–H groups in total. The van der Waals surface area contributed by atoms with Gasteiger partial charge in [-0.1, -0.05) is 42.5 Å². The summed E-state index contributed by atoms with van der Waals surface area (Å²) in [5.41, 5.74) is 2.01. The van der Waals surface area contributed by atoms with Gasteiger partial charge in [0.25, 0.3) is 0 Å². The Morgan fingerprint density at radius 3 is 2.52 bits per heavy atom. The second kappa shape index (κ2) is 6.48. The third-order valence-corrected chi connectivity index (χ3v) is 3.56. The summed E-state index contributed by atoms with van der Waals surface area (Å²) in [7, 11) is 1.59. The fourth-order valence-corrected chi connectivity index (χ4v) is 2.41. The maximum Gasteiger partial charge on any atom is 0.181 e. The normalized spacial score (nSPS) is 10.5. The molecule has 0 aliphatic rings. The van der Waals surface area contributed by atoms with Crippen molar-refractivity contribution in [2.75, 3.05) is 7.11 Å². The van der Waals surface area contributed by atoms with E-state index < -0.39 is 0 Å². The Labute approximate surface area is 134 Å². The van der Waals surface area contributed by atoms with E-state index in [1.54, 1.807) is 7.11 Å². The Kier molecular flexibility index (Phi) is 4.24. The largest absolute Gasteiger partial charge is 0.494 e. The number of hydrogen-bond acceptors (Lipinski definition) is 4. The molecule has 116 valence electrons. The molecular formula is C19H17NO3. The first-order valence-corrected chi connectivity index (χ1v) is 7.34. The smallest absolute Gasteiger partial charge is 0.181 e. The van der Waals surface area contributed by atoms with Crippen LogP contribution < -0.4 is 9.47 Å². The molecule has 0 aliphatic carbocycles. The van der Waals surface area contributed by atoms with Crippen molar-refractivity contribution < 1.29 is 14.3 Å². The van der Waals surface area contributed by atoms with Crippen LogP contribution in [0.3, 0.4) is 0 Å². The van der Waals surface area contributed by atoms with Gasteiger partial charge >= 0.3 is 0 Å². The maximum absolute atomic E-state index is 11.9. The van der Waals surface area contributed by atoms with Crippen LogP contribution in [-0.2, 0) is 6.61 Å². The number of rotatable bonds is 5. The van der Waals surface area contributed by atoms with E-state index in [2.05, 4.69) is 4.98 Å². The van der Waals surface area contributed by atoms with E-state index in [9.17, 15) is 4.79 Å². The standard InChI is InChI=1S/C19H17NO3/c1-13(21)18-17(23-12-14-7-4-3-5-8-14)11-15-9-6-10-16(22-2)19(15)20-18/h3-11H,12H2,1-2H3. The monoisotopic (exact) mass is 307 g/mol. The number of ketones is 1. The van der Waals surface area contributed by atoms with E-state index in [1.807, 2.05) is 54.6 Å². The van der Waals surface area contributed by atoms with Crippen molar-refractivity contribution in [3.05, 3.63) is 65.9 Å². The van der Waals surface area contributed by atoms with Gasteiger partial charge in [0, 0.05) is 12.3 Å². The molecule has 0 saturated heterocycles. The molecule has 0 amide bonds. The lowest BCUT2D eigenvalue weighted by Gasteiger charge is -2.12. The van der Waals surface area contributed by atoms with Crippen LogP contribution in [-0.4, -0.2) is 17.9 Å². The van der Waals surface area contributed by atoms with Crippen molar-refractivity contribution in [1.82, 2.24) is 4.98 Å². The zero-order chi connectivity index (χ0) is 16.2. The Bertz CT molecular complexity index is 844. The van der Waals surface area contributed by atoms with E-state index in [1.165, 1.54) is 6.92 Å². The molecule has 1 aromatic heterocycles. The highest BCUT2D eigenvalue weighted by Crippen LogP contribution is 2.29. The Morgan fingerprint density at radius 1 is 1.04 bits per heavy atom. The summed E-state index contributed by atoms with van der Waals surface area (Å²) in [6.07, 6.45) is 0. The number of hydrogen-bond donors (Lipinski definition) is 0. The number of ether oxygens (including phenoxy) is 2. The van der Waals surface area contributed by atoms with Gasteiger partial charge in [-0.25, -0.2) is 4.98 Å². The topological polar surface area (TPSA) is 48.4 Å². The highest BCUT2D eigenvalue weighted by molar-refractivity contribution is 5.98. The second-order valence-electron chi connectivity index (χ2n) is 5.20. The van der Waals surface area contributed by atoms with Gasteiger partial charge in [0.1, 0.15) is 29.3 Å². The number of benzene rings is 2. The Morgan fingerprint density at radius 2 is 1.83 bits per heavy atom. The lowest BCUT2D eigenvalue weighted by molar-refractivity contribution is 0.100. The van der Waals surface area contributed by atoms with Gasteiger partial charge < -0.3 is 9.47 Å². The average molecular weight is 307 g/mol. The van der Waals surface area contributed by atoms with Crippen LogP contribution in [0, 0.1) is 0 Å². The molecule has 0 saturated carbocycles. The number of carbonyl (C=O) groups excluding carboxylic acids is 1. The molecule has 0 spiro atoms. The van der Waals surface area contributed by atoms with Gasteiger partial charge in [0.05, 0.1) is 7.11 Å². The van der Waals surface area contributed by atoms with Gasteiger partial charge in [-0.3, -0.25) is 4.79 Å². The highest BCUT2D eigenvalue weighted by Gasteiger charge is 2.14. The zero-order valence-electron chi connectivity index (χ0n) is 13.1. The summed E-state index contributed by atoms with van der Waals surface area (Å²) in [5.74, 6) is 0.989. The van der Waals surface area contributed by atoms with Crippen LogP contribution in [0.1, 0.15) is 23.0 Å². The lowest BCUT2D eigenvalue weighted by Crippen LogP contribution is -2.05. The first-order valence-electron chi connectivity index (χ1n) is 7.34. The number of nitrogens with zero attached hydrogens (tertiary/aromatic N) is 1. The third kappa shape index (κ3) is 3.16. The molecule has 0 bridgehead atoms. The van der Waals surface area contributed by atoms with Crippen molar-refractivity contribution in [3.8, 4) is 11.5 Å². The van der Waals surface area contributed by atoms with E-state index in [0.717, 1.165) is 10.9 Å². The fraction of sp³-hybridized carbons (Fsp3) is 0.158. The van der Waals surface area contributed by atoms with E-state index >= 15 is 0 Å². The van der Waals surface area contributed by atoms with Crippen LogP contribution in [0.2, 0.25) is 0 Å². The van der Waals surface area contributed by atoms with Gasteiger partial charge in [-0.2, -0.15) is 0 Å². The van der Waals surface area contributed by atoms with Crippen molar-refractivity contribution in [2.45, 2.75) is 13.5 Å². The summed E-state index contributed by atoms with van der Waals surface area (Å²) in [6.45, 7) is 1.87. The molecule has 0 radical (unpaired) electrons. The first kappa shape index (κ1) is 15.0. The highest BCUT2D eigenvalue weighted by atomic mass is 16.5. The summed E-state index contributed by atoms with van der Waals surface area (Å²) in [4.78, 5) is 16.4. The molecule has 1 heterocycles. The second-order valence-corrected chi connectivity index (χ2v) is 5.20. The minimum atomic E-state index is -0.138. The van der Waals surface area contributed by atoms with Gasteiger partial charge in [-0.05, 0) is 17.7 Å². The predicted molar refractivity (Wildman–Crippen MR) is 89.1 cm³/mol. The number of carbonyl (C=O) groups is 1. The lowest BCUT2D eigenvalue weighted by atomic mass is 10.1. The zero-order valence-corrected chi connectivity index (χ0v) is 13.1. The molecule has 4 heteroatoms. The number of para-hydroxylation sites is 1. The van der Waals surface area contributed by atoms with E-state index in [0.29, 0.717) is 29.3 Å². The molecule has 0 fully saturated rings. The van der Waals surface area contributed by atoms with Crippen molar-refractivity contribution >= 4 is 16.7 Å². The van der Waals surface area contributed by atoms with Gasteiger partial charge in [-0.15, -0.1) is 0 Å². The summed E-state index contributed by atoms with van der Waals surface area (Å²) < 4.78 is 11.2. The van der Waals surface area contributed by atoms with Crippen molar-refractivity contribution in [1.29, 1.82) is 0 Å². The molecule has 3 rings (SSSR count). The first-order chi connectivity index (χ1) is 11.2. The van der Waals surface area contributed by atoms with E-state index in [4.69, 9.17) is 9.47 Å². The quantitative estimate of drug-likeness (QED) is 0.668. The van der Waals surface area contributed by atoms with Crippen molar-refractivity contribution in [2.24, 2.45) is 0 Å². The number of pyridine rings is 1. The molecule has 0 unspecified atom stereocenters. The van der Waals surface area contributed by atoms with Crippen LogP contribution >= 0.6 is 0 Å². The molecular weight excluding hydrogens is 290 g/mol.